The average molecular weight is 211 g/mol. The lowest BCUT2D eigenvalue weighted by Gasteiger charge is -2.34. The van der Waals surface area contributed by atoms with Crippen molar-refractivity contribution in [2.45, 2.75) is 31.7 Å². The Morgan fingerprint density at radius 2 is 2.27 bits per heavy atom. The van der Waals surface area contributed by atoms with Crippen molar-refractivity contribution in [2.24, 2.45) is 0 Å². The van der Waals surface area contributed by atoms with Gasteiger partial charge in [-0.15, -0.1) is 0 Å². The maximum absolute atomic E-state index is 11.5. The number of hydrogen-bond donors (Lipinski definition) is 0. The van der Waals surface area contributed by atoms with E-state index in [0.717, 1.165) is 19.3 Å². The van der Waals surface area contributed by atoms with Gasteiger partial charge in [0.25, 0.3) is 0 Å². The number of amides is 1. The quantitative estimate of drug-likeness (QED) is 0.519. The molecule has 1 saturated heterocycles. The number of rotatable bonds is 3. The molecule has 0 aromatic heterocycles. The average Bonchev–Trinajstić information content (AvgIpc) is 2.28. The van der Waals surface area contributed by atoms with E-state index in [1.807, 2.05) is 0 Å². The van der Waals surface area contributed by atoms with Crippen molar-refractivity contribution in [3.63, 3.8) is 0 Å². The normalized spacial score (nSPS) is 20.9. The largest absolute Gasteiger partial charge is 0.469 e. The Labute approximate surface area is 89.9 Å². The Bertz CT molecular complexity index is 263. The van der Waals surface area contributed by atoms with Crippen molar-refractivity contribution >= 4 is 11.9 Å². The zero-order valence-corrected chi connectivity index (χ0v) is 9.07. The first-order chi connectivity index (χ1) is 7.19. The topological polar surface area (TPSA) is 46.6 Å². The van der Waals surface area contributed by atoms with Crippen LogP contribution < -0.4 is 0 Å². The molecule has 0 unspecified atom stereocenters. The van der Waals surface area contributed by atoms with Crippen molar-refractivity contribution in [3.05, 3.63) is 12.7 Å². The van der Waals surface area contributed by atoms with E-state index in [1.165, 1.54) is 13.2 Å². The van der Waals surface area contributed by atoms with Crippen LogP contribution in [0.5, 0.6) is 0 Å². The van der Waals surface area contributed by atoms with E-state index in [4.69, 9.17) is 0 Å². The Morgan fingerprint density at radius 3 is 2.87 bits per heavy atom. The minimum atomic E-state index is -0.260. The third kappa shape index (κ3) is 3.08. The zero-order valence-electron chi connectivity index (χ0n) is 9.07. The zero-order chi connectivity index (χ0) is 11.3. The standard InChI is InChI=1S/C11H17NO3/c1-3-10(13)12-7-5-4-6-9(12)8-11(14)15-2/h3,9H,1,4-8H2,2H3/t9-/m1/s1. The molecule has 15 heavy (non-hydrogen) atoms. The van der Waals surface area contributed by atoms with Crippen molar-refractivity contribution in [1.82, 2.24) is 4.90 Å². The van der Waals surface area contributed by atoms with Crippen LogP contribution >= 0.6 is 0 Å². The summed E-state index contributed by atoms with van der Waals surface area (Å²) < 4.78 is 4.61. The van der Waals surface area contributed by atoms with Crippen LogP contribution in [0.2, 0.25) is 0 Å². The molecular formula is C11H17NO3. The molecule has 0 radical (unpaired) electrons. The summed E-state index contributed by atoms with van der Waals surface area (Å²) in [7, 11) is 1.37. The fourth-order valence-corrected chi connectivity index (χ4v) is 1.90. The predicted octanol–water partition coefficient (Wildman–Crippen LogP) is 1.12. The van der Waals surface area contributed by atoms with E-state index >= 15 is 0 Å². The maximum atomic E-state index is 11.5. The molecule has 0 aromatic rings. The number of ether oxygens (including phenoxy) is 1. The highest BCUT2D eigenvalue weighted by molar-refractivity contribution is 5.87. The molecule has 0 bridgehead atoms. The summed E-state index contributed by atoms with van der Waals surface area (Å²) in [6.45, 7) is 4.18. The van der Waals surface area contributed by atoms with Crippen LogP contribution in [0.4, 0.5) is 0 Å². The first-order valence-corrected chi connectivity index (χ1v) is 5.19. The minimum absolute atomic E-state index is 0.0169. The van der Waals surface area contributed by atoms with E-state index in [0.29, 0.717) is 6.54 Å². The second-order valence-electron chi connectivity index (χ2n) is 3.67. The van der Waals surface area contributed by atoms with Crippen LogP contribution in [0, 0.1) is 0 Å². The predicted molar refractivity (Wildman–Crippen MR) is 56.2 cm³/mol. The molecule has 1 atom stereocenters. The number of methoxy groups -OCH3 is 1. The van der Waals surface area contributed by atoms with Gasteiger partial charge in [-0.3, -0.25) is 9.59 Å². The monoisotopic (exact) mass is 211 g/mol. The van der Waals surface area contributed by atoms with Gasteiger partial charge < -0.3 is 9.64 Å². The van der Waals surface area contributed by atoms with Crippen molar-refractivity contribution < 1.29 is 14.3 Å². The number of esters is 1. The highest BCUT2D eigenvalue weighted by Crippen LogP contribution is 2.20. The van der Waals surface area contributed by atoms with Gasteiger partial charge >= 0.3 is 5.97 Å². The highest BCUT2D eigenvalue weighted by Gasteiger charge is 2.27. The summed E-state index contributed by atoms with van der Waals surface area (Å²) in [6, 6.07) is -0.0169. The summed E-state index contributed by atoms with van der Waals surface area (Å²) in [4.78, 5) is 24.4. The first-order valence-electron chi connectivity index (χ1n) is 5.19. The lowest BCUT2D eigenvalue weighted by molar-refractivity contribution is -0.143. The smallest absolute Gasteiger partial charge is 0.307 e. The van der Waals surface area contributed by atoms with Crippen LogP contribution in [-0.2, 0) is 14.3 Å². The molecule has 1 heterocycles. The van der Waals surface area contributed by atoms with E-state index in [-0.39, 0.29) is 24.3 Å². The van der Waals surface area contributed by atoms with E-state index in [9.17, 15) is 9.59 Å². The van der Waals surface area contributed by atoms with Gasteiger partial charge in [-0.1, -0.05) is 6.58 Å². The lowest BCUT2D eigenvalue weighted by atomic mass is 9.99. The summed E-state index contributed by atoms with van der Waals surface area (Å²) >= 11 is 0. The maximum Gasteiger partial charge on any atom is 0.307 e. The number of likely N-dealkylation sites (tertiary alicyclic amines) is 1. The Balaban J connectivity index is 2.61. The Kier molecular flexibility index (Phi) is 4.34. The SMILES string of the molecule is C=CC(=O)N1CCCC[C@@H]1CC(=O)OC. The molecule has 1 aliphatic heterocycles. The molecule has 0 saturated carbocycles. The molecule has 0 N–H and O–H groups in total. The number of piperidine rings is 1. The van der Waals surface area contributed by atoms with Gasteiger partial charge in [-0.05, 0) is 25.3 Å². The molecule has 1 aliphatic rings. The number of carbonyl (C=O) groups excluding carboxylic acids is 2. The van der Waals surface area contributed by atoms with Crippen molar-refractivity contribution in [1.29, 1.82) is 0 Å². The molecule has 4 nitrogen and oxygen atoms in total. The fourth-order valence-electron chi connectivity index (χ4n) is 1.90. The van der Waals surface area contributed by atoms with Crippen molar-refractivity contribution in [3.8, 4) is 0 Å². The molecule has 1 amide bonds. The van der Waals surface area contributed by atoms with Gasteiger partial charge in [-0.25, -0.2) is 0 Å². The molecule has 1 rings (SSSR count). The van der Waals surface area contributed by atoms with E-state index < -0.39 is 0 Å². The molecule has 84 valence electrons. The summed E-state index contributed by atoms with van der Waals surface area (Å²) in [5.41, 5.74) is 0. The number of hydrogen-bond acceptors (Lipinski definition) is 3. The first kappa shape index (κ1) is 11.8. The Hall–Kier alpha value is -1.32. The van der Waals surface area contributed by atoms with Crippen LogP contribution in [0.15, 0.2) is 12.7 Å². The van der Waals surface area contributed by atoms with Gasteiger partial charge in [0.15, 0.2) is 0 Å². The molecule has 0 aliphatic carbocycles. The van der Waals surface area contributed by atoms with Crippen LogP contribution in [-0.4, -0.2) is 36.5 Å². The molecule has 0 spiro atoms. The second-order valence-corrected chi connectivity index (χ2v) is 3.67. The minimum Gasteiger partial charge on any atom is -0.469 e. The van der Waals surface area contributed by atoms with Crippen LogP contribution in [0.3, 0.4) is 0 Å². The highest BCUT2D eigenvalue weighted by atomic mass is 16.5. The summed E-state index contributed by atoms with van der Waals surface area (Å²) in [5.74, 6) is -0.354. The molecule has 4 heteroatoms. The van der Waals surface area contributed by atoms with Gasteiger partial charge in [0.1, 0.15) is 0 Å². The van der Waals surface area contributed by atoms with Gasteiger partial charge in [0, 0.05) is 12.6 Å². The molecule has 0 aromatic carbocycles. The Morgan fingerprint density at radius 1 is 1.53 bits per heavy atom. The second kappa shape index (κ2) is 5.53. The van der Waals surface area contributed by atoms with E-state index in [1.54, 1.807) is 4.90 Å². The number of carbonyl (C=O) groups is 2. The van der Waals surface area contributed by atoms with E-state index in [2.05, 4.69) is 11.3 Å². The fraction of sp³-hybridized carbons (Fsp3) is 0.636. The van der Waals surface area contributed by atoms with Crippen molar-refractivity contribution in [2.75, 3.05) is 13.7 Å². The third-order valence-electron chi connectivity index (χ3n) is 2.71. The van der Waals surface area contributed by atoms with Crippen LogP contribution in [0.25, 0.3) is 0 Å². The van der Waals surface area contributed by atoms with Crippen LogP contribution in [0.1, 0.15) is 25.7 Å². The lowest BCUT2D eigenvalue weighted by Crippen LogP contribution is -2.44. The molecular weight excluding hydrogens is 194 g/mol. The number of nitrogens with zero attached hydrogens (tertiary/aromatic N) is 1. The summed E-state index contributed by atoms with van der Waals surface area (Å²) in [6.07, 6.45) is 4.51. The third-order valence-corrected chi connectivity index (χ3v) is 2.71. The van der Waals surface area contributed by atoms with Gasteiger partial charge in [0.2, 0.25) is 5.91 Å². The molecule has 1 fully saturated rings. The summed E-state index contributed by atoms with van der Waals surface area (Å²) in [5, 5.41) is 0. The van der Waals surface area contributed by atoms with Gasteiger partial charge in [-0.2, -0.15) is 0 Å². The van der Waals surface area contributed by atoms with Gasteiger partial charge in [0.05, 0.1) is 13.5 Å².